The molecule has 2 rings (SSSR count). The van der Waals surface area contributed by atoms with Crippen molar-refractivity contribution in [3.8, 4) is 0 Å². The number of carbonyl (C=O) groups is 1. The number of benzene rings is 1. The van der Waals surface area contributed by atoms with E-state index in [0.717, 1.165) is 31.0 Å². The van der Waals surface area contributed by atoms with Crippen molar-refractivity contribution in [3.63, 3.8) is 0 Å². The number of halogens is 2. The molecule has 0 aliphatic rings. The molecule has 0 radical (unpaired) electrons. The van der Waals surface area contributed by atoms with E-state index in [0.29, 0.717) is 13.1 Å². The predicted octanol–water partition coefficient (Wildman–Crippen LogP) is 3.30. The lowest BCUT2D eigenvalue weighted by Gasteiger charge is -2.21. The van der Waals surface area contributed by atoms with Crippen LogP contribution in [0.5, 0.6) is 0 Å². The van der Waals surface area contributed by atoms with Gasteiger partial charge >= 0.3 is 0 Å². The monoisotopic (exact) mass is 518 g/mol. The average molecular weight is 518 g/mol. The van der Waals surface area contributed by atoms with E-state index in [1.165, 1.54) is 17.0 Å². The average Bonchev–Trinajstić information content (AvgIpc) is 3.18. The van der Waals surface area contributed by atoms with Crippen molar-refractivity contribution in [1.82, 2.24) is 15.5 Å². The molecule has 0 spiro atoms. The maximum atomic E-state index is 12.9. The minimum Gasteiger partial charge on any atom is -0.357 e. The third kappa shape index (κ3) is 9.01. The maximum absolute atomic E-state index is 12.9. The van der Waals surface area contributed by atoms with E-state index in [2.05, 4.69) is 38.0 Å². The first-order valence-corrected chi connectivity index (χ1v) is 9.99. The van der Waals surface area contributed by atoms with E-state index < -0.39 is 0 Å². The second-order valence-electron chi connectivity index (χ2n) is 6.14. The SMILES string of the molecule is CCNC(=NCCNC(=O)Cc1ccc(F)cc1)N(C)CCc1cccs1.I. The van der Waals surface area contributed by atoms with Crippen molar-refractivity contribution in [1.29, 1.82) is 0 Å². The first kappa shape index (κ1) is 24.4. The lowest BCUT2D eigenvalue weighted by atomic mass is 10.1. The quantitative estimate of drug-likeness (QED) is 0.232. The summed E-state index contributed by atoms with van der Waals surface area (Å²) in [6.45, 7) is 4.67. The number of carbonyl (C=O) groups excluding carboxylic acids is 1. The lowest BCUT2D eigenvalue weighted by molar-refractivity contribution is -0.120. The lowest BCUT2D eigenvalue weighted by Crippen LogP contribution is -2.40. The zero-order valence-electron chi connectivity index (χ0n) is 16.3. The first-order valence-electron chi connectivity index (χ1n) is 9.11. The van der Waals surface area contributed by atoms with E-state index >= 15 is 0 Å². The molecule has 1 aromatic carbocycles. The van der Waals surface area contributed by atoms with Gasteiger partial charge in [0.15, 0.2) is 5.96 Å². The van der Waals surface area contributed by atoms with Gasteiger partial charge in [-0.05, 0) is 42.5 Å². The van der Waals surface area contributed by atoms with E-state index in [9.17, 15) is 9.18 Å². The summed E-state index contributed by atoms with van der Waals surface area (Å²) >= 11 is 1.76. The van der Waals surface area contributed by atoms with Gasteiger partial charge in [-0.25, -0.2) is 4.39 Å². The Morgan fingerprint density at radius 1 is 1.21 bits per heavy atom. The van der Waals surface area contributed by atoms with Gasteiger partial charge in [-0.15, -0.1) is 35.3 Å². The van der Waals surface area contributed by atoms with Gasteiger partial charge in [-0.2, -0.15) is 0 Å². The summed E-state index contributed by atoms with van der Waals surface area (Å²) < 4.78 is 12.9. The van der Waals surface area contributed by atoms with Crippen LogP contribution >= 0.6 is 35.3 Å². The number of nitrogens with zero attached hydrogens (tertiary/aromatic N) is 2. The summed E-state index contributed by atoms with van der Waals surface area (Å²) in [5, 5.41) is 8.22. The number of nitrogens with one attached hydrogen (secondary N) is 2. The molecular formula is C20H28FIN4OS. The Morgan fingerprint density at radius 3 is 2.61 bits per heavy atom. The number of rotatable bonds is 9. The van der Waals surface area contributed by atoms with Crippen LogP contribution < -0.4 is 10.6 Å². The van der Waals surface area contributed by atoms with Crippen molar-refractivity contribution in [2.24, 2.45) is 4.99 Å². The molecule has 0 unspecified atom stereocenters. The third-order valence-electron chi connectivity index (χ3n) is 3.94. The van der Waals surface area contributed by atoms with Crippen molar-refractivity contribution < 1.29 is 9.18 Å². The smallest absolute Gasteiger partial charge is 0.224 e. The fourth-order valence-electron chi connectivity index (χ4n) is 2.52. The van der Waals surface area contributed by atoms with Crippen LogP contribution in [0.2, 0.25) is 0 Å². The van der Waals surface area contributed by atoms with Gasteiger partial charge in [-0.3, -0.25) is 9.79 Å². The van der Waals surface area contributed by atoms with Crippen molar-refractivity contribution in [2.75, 3.05) is 33.2 Å². The molecule has 2 aromatic rings. The maximum Gasteiger partial charge on any atom is 0.224 e. The summed E-state index contributed by atoms with van der Waals surface area (Å²) in [6.07, 6.45) is 1.22. The van der Waals surface area contributed by atoms with Gasteiger partial charge < -0.3 is 15.5 Å². The molecule has 1 aromatic heterocycles. The number of aliphatic imine (C=N–C) groups is 1. The van der Waals surface area contributed by atoms with Gasteiger partial charge in [0.25, 0.3) is 0 Å². The Morgan fingerprint density at radius 2 is 1.96 bits per heavy atom. The summed E-state index contributed by atoms with van der Waals surface area (Å²) in [6, 6.07) is 10.2. The van der Waals surface area contributed by atoms with Gasteiger partial charge in [-0.1, -0.05) is 18.2 Å². The van der Waals surface area contributed by atoms with Crippen LogP contribution in [0.1, 0.15) is 17.4 Å². The fraction of sp³-hybridized carbons (Fsp3) is 0.400. The number of thiophene rings is 1. The highest BCUT2D eigenvalue weighted by atomic mass is 127. The summed E-state index contributed by atoms with van der Waals surface area (Å²) in [4.78, 5) is 20.0. The van der Waals surface area contributed by atoms with Crippen LogP contribution in [-0.4, -0.2) is 50.0 Å². The number of guanidine groups is 1. The summed E-state index contributed by atoms with van der Waals surface area (Å²) in [5.41, 5.74) is 0.791. The van der Waals surface area contributed by atoms with Gasteiger partial charge in [0.1, 0.15) is 5.82 Å². The van der Waals surface area contributed by atoms with Crippen LogP contribution in [0.4, 0.5) is 4.39 Å². The molecule has 28 heavy (non-hydrogen) atoms. The van der Waals surface area contributed by atoms with Crippen molar-refractivity contribution in [2.45, 2.75) is 19.8 Å². The Labute approximate surface area is 187 Å². The second-order valence-corrected chi connectivity index (χ2v) is 7.17. The molecule has 0 fully saturated rings. The standard InChI is InChI=1S/C20H27FN4OS.HI/c1-3-22-20(25(2)13-10-18-5-4-14-27-18)24-12-11-23-19(26)15-16-6-8-17(21)9-7-16;/h4-9,14H,3,10-13,15H2,1-2H3,(H,22,24)(H,23,26);1H. The molecule has 2 N–H and O–H groups in total. The molecule has 0 aliphatic carbocycles. The zero-order chi connectivity index (χ0) is 19.5. The normalized spacial score (nSPS) is 10.9. The molecular weight excluding hydrogens is 490 g/mol. The van der Waals surface area contributed by atoms with Crippen LogP contribution in [0.15, 0.2) is 46.8 Å². The molecule has 0 atom stereocenters. The molecule has 5 nitrogen and oxygen atoms in total. The molecule has 0 saturated carbocycles. The fourth-order valence-corrected chi connectivity index (χ4v) is 3.21. The highest BCUT2D eigenvalue weighted by molar-refractivity contribution is 14.0. The Hall–Kier alpha value is -1.68. The number of amides is 1. The van der Waals surface area contributed by atoms with E-state index in [-0.39, 0.29) is 42.1 Å². The number of hydrogen-bond donors (Lipinski definition) is 2. The second kappa shape index (κ2) is 13.5. The topological polar surface area (TPSA) is 56.7 Å². The first-order chi connectivity index (χ1) is 13.1. The summed E-state index contributed by atoms with van der Waals surface area (Å²) in [7, 11) is 2.02. The van der Waals surface area contributed by atoms with Crippen LogP contribution in [0, 0.1) is 5.82 Å². The van der Waals surface area contributed by atoms with Gasteiger partial charge in [0.2, 0.25) is 5.91 Å². The molecule has 0 bridgehead atoms. The zero-order valence-corrected chi connectivity index (χ0v) is 19.4. The Kier molecular flexibility index (Phi) is 11.7. The molecule has 1 heterocycles. The molecule has 0 saturated heterocycles. The number of likely N-dealkylation sites (N-methyl/N-ethyl adjacent to an activating group) is 1. The highest BCUT2D eigenvalue weighted by Gasteiger charge is 2.07. The highest BCUT2D eigenvalue weighted by Crippen LogP contribution is 2.09. The molecule has 154 valence electrons. The number of hydrogen-bond acceptors (Lipinski definition) is 3. The largest absolute Gasteiger partial charge is 0.357 e. The summed E-state index contributed by atoms with van der Waals surface area (Å²) in [5.74, 6) is 0.447. The minimum atomic E-state index is -0.298. The predicted molar refractivity (Wildman–Crippen MR) is 125 cm³/mol. The Balaban J connectivity index is 0.00000392. The molecule has 1 amide bonds. The molecule has 0 aliphatic heterocycles. The van der Waals surface area contributed by atoms with Crippen molar-refractivity contribution in [3.05, 3.63) is 58.0 Å². The van der Waals surface area contributed by atoms with E-state index in [1.54, 1.807) is 23.5 Å². The Bertz CT molecular complexity index is 722. The third-order valence-corrected chi connectivity index (χ3v) is 4.88. The minimum absolute atomic E-state index is 0. The van der Waals surface area contributed by atoms with E-state index in [4.69, 9.17) is 0 Å². The van der Waals surface area contributed by atoms with Gasteiger partial charge in [0, 0.05) is 31.6 Å². The van der Waals surface area contributed by atoms with Crippen LogP contribution in [0.25, 0.3) is 0 Å². The van der Waals surface area contributed by atoms with Gasteiger partial charge in [0.05, 0.1) is 13.0 Å². The van der Waals surface area contributed by atoms with Crippen LogP contribution in [0.3, 0.4) is 0 Å². The van der Waals surface area contributed by atoms with Crippen LogP contribution in [-0.2, 0) is 17.6 Å². The molecule has 8 heteroatoms. The van der Waals surface area contributed by atoms with E-state index in [1.807, 2.05) is 14.0 Å². The van der Waals surface area contributed by atoms with Crippen molar-refractivity contribution >= 4 is 47.2 Å².